The Morgan fingerprint density at radius 1 is 1.42 bits per heavy atom. The molecule has 2 N–H and O–H groups in total. The number of guanidine groups is 1. The first-order valence-corrected chi connectivity index (χ1v) is 10.8. The molecule has 2 aromatic rings. The van der Waals surface area contributed by atoms with Crippen LogP contribution in [-0.4, -0.2) is 36.5 Å². The van der Waals surface area contributed by atoms with Gasteiger partial charge in [0.05, 0.1) is 21.3 Å². The minimum Gasteiger partial charge on any atom is -0.369 e. The quantitative estimate of drug-likeness (QED) is 0.827. The molecule has 0 bridgehead atoms. The molecule has 4 rings (SSSR count). The van der Waals surface area contributed by atoms with Gasteiger partial charge in [-0.15, -0.1) is 11.3 Å². The molecule has 1 aliphatic heterocycles. The van der Waals surface area contributed by atoms with Crippen LogP contribution < -0.4 is 5.73 Å². The highest BCUT2D eigenvalue weighted by molar-refractivity contribution is 7.89. The van der Waals surface area contributed by atoms with Crippen LogP contribution >= 0.6 is 22.9 Å². The third-order valence-electron chi connectivity index (χ3n) is 4.68. The highest BCUT2D eigenvalue weighted by atomic mass is 35.5. The van der Waals surface area contributed by atoms with Gasteiger partial charge in [0.1, 0.15) is 5.54 Å². The molecular formula is C17H17ClN4O2S2. The van der Waals surface area contributed by atoms with E-state index in [0.29, 0.717) is 9.90 Å². The second kappa shape index (κ2) is 5.80. The molecule has 0 amide bonds. The lowest BCUT2D eigenvalue weighted by Gasteiger charge is -2.33. The van der Waals surface area contributed by atoms with E-state index in [4.69, 9.17) is 17.3 Å². The molecule has 0 aromatic carbocycles. The van der Waals surface area contributed by atoms with Crippen LogP contribution in [0.15, 0.2) is 29.4 Å². The van der Waals surface area contributed by atoms with E-state index in [1.807, 2.05) is 18.2 Å². The van der Waals surface area contributed by atoms with Crippen molar-refractivity contribution in [3.8, 4) is 0 Å². The van der Waals surface area contributed by atoms with Crippen molar-refractivity contribution in [3.63, 3.8) is 0 Å². The predicted octanol–water partition coefficient (Wildman–Crippen LogP) is 2.70. The Morgan fingerprint density at radius 2 is 2.19 bits per heavy atom. The molecule has 0 radical (unpaired) electrons. The average Bonchev–Trinajstić information content (AvgIpc) is 3.15. The zero-order valence-electron chi connectivity index (χ0n) is 14.2. The number of pyridine rings is 1. The summed E-state index contributed by atoms with van der Waals surface area (Å²) in [6.07, 6.45) is 4.60. The summed E-state index contributed by atoms with van der Waals surface area (Å²) in [5, 5.41) is 0.508. The van der Waals surface area contributed by atoms with Crippen LogP contribution in [0.5, 0.6) is 0 Å². The molecule has 26 heavy (non-hydrogen) atoms. The largest absolute Gasteiger partial charge is 0.369 e. The first-order chi connectivity index (χ1) is 12.2. The fourth-order valence-electron chi connectivity index (χ4n) is 3.27. The summed E-state index contributed by atoms with van der Waals surface area (Å²) in [4.78, 5) is 10.5. The van der Waals surface area contributed by atoms with Crippen molar-refractivity contribution in [2.75, 3.05) is 12.8 Å². The number of sulfonamides is 1. The van der Waals surface area contributed by atoms with E-state index in [9.17, 15) is 8.42 Å². The van der Waals surface area contributed by atoms with Crippen LogP contribution in [-0.2, 0) is 22.0 Å². The number of nitrogens with two attached hydrogens (primary N) is 1. The van der Waals surface area contributed by atoms with Crippen LogP contribution in [0.25, 0.3) is 11.6 Å². The maximum Gasteiger partial charge on any atom is 0.239 e. The first-order valence-electron chi connectivity index (χ1n) is 7.96. The van der Waals surface area contributed by atoms with Gasteiger partial charge in [-0.05, 0) is 36.3 Å². The van der Waals surface area contributed by atoms with E-state index in [0.717, 1.165) is 26.9 Å². The second-order valence-electron chi connectivity index (χ2n) is 6.65. The fourth-order valence-corrected chi connectivity index (χ4v) is 6.45. The summed E-state index contributed by atoms with van der Waals surface area (Å²) in [7, 11) is -2.13. The average molecular weight is 409 g/mol. The standard InChI is InChI=1S/C17H17ClN4O2S2/c1-17(9-26(23,24)22(2)16(19)21-17)15-12(18)8-14(25-15)11-6-10-4-3-5-20-13(10)7-11/h3-5,7-8H,6,9H2,1-2H3,(H2,19,21)/t17-/m0/s1. The summed E-state index contributed by atoms with van der Waals surface area (Å²) in [6, 6.07) is 5.85. The molecule has 2 aromatic heterocycles. The molecule has 0 unspecified atom stereocenters. The van der Waals surface area contributed by atoms with Crippen LogP contribution in [0.1, 0.15) is 27.9 Å². The number of thiophene rings is 1. The smallest absolute Gasteiger partial charge is 0.239 e. The molecule has 9 heteroatoms. The Kier molecular flexibility index (Phi) is 3.91. The maximum absolute atomic E-state index is 12.4. The topological polar surface area (TPSA) is 88.7 Å². The van der Waals surface area contributed by atoms with Crippen molar-refractivity contribution < 1.29 is 8.42 Å². The van der Waals surface area contributed by atoms with Gasteiger partial charge in [0, 0.05) is 24.5 Å². The summed E-state index contributed by atoms with van der Waals surface area (Å²) in [6.45, 7) is 1.76. The molecule has 0 saturated heterocycles. The highest BCUT2D eigenvalue weighted by Crippen LogP contribution is 2.44. The number of hydrogen-bond donors (Lipinski definition) is 1. The summed E-state index contributed by atoms with van der Waals surface area (Å²) < 4.78 is 25.8. The zero-order valence-corrected chi connectivity index (χ0v) is 16.6. The monoisotopic (exact) mass is 408 g/mol. The van der Waals surface area contributed by atoms with Crippen molar-refractivity contribution in [3.05, 3.63) is 50.4 Å². The van der Waals surface area contributed by atoms with Gasteiger partial charge in [-0.2, -0.15) is 0 Å². The van der Waals surface area contributed by atoms with E-state index in [-0.39, 0.29) is 11.7 Å². The van der Waals surface area contributed by atoms with E-state index in [2.05, 4.69) is 16.0 Å². The van der Waals surface area contributed by atoms with Gasteiger partial charge in [0.2, 0.25) is 16.0 Å². The van der Waals surface area contributed by atoms with Crippen molar-refractivity contribution in [2.24, 2.45) is 10.7 Å². The minimum absolute atomic E-state index is 0.0264. The van der Waals surface area contributed by atoms with E-state index in [1.165, 1.54) is 23.9 Å². The van der Waals surface area contributed by atoms with Gasteiger partial charge in [-0.3, -0.25) is 4.98 Å². The maximum atomic E-state index is 12.4. The number of rotatable bonds is 2. The number of fused-ring (bicyclic) bond motifs is 1. The molecule has 0 spiro atoms. The Labute approximate surface area is 161 Å². The first kappa shape index (κ1) is 17.5. The van der Waals surface area contributed by atoms with Gasteiger partial charge >= 0.3 is 0 Å². The molecule has 0 saturated carbocycles. The molecular weight excluding hydrogens is 392 g/mol. The fraction of sp³-hybridized carbons (Fsp3) is 0.294. The molecule has 1 atom stereocenters. The lowest BCUT2D eigenvalue weighted by molar-refractivity contribution is 0.482. The van der Waals surface area contributed by atoms with Crippen LogP contribution in [0.2, 0.25) is 5.02 Å². The number of allylic oxidation sites excluding steroid dienone is 1. The normalized spacial score (nSPS) is 24.2. The molecule has 3 heterocycles. The van der Waals surface area contributed by atoms with Crippen molar-refractivity contribution in [2.45, 2.75) is 18.9 Å². The third-order valence-corrected chi connectivity index (χ3v) is 8.50. The number of aliphatic imine (C=N–C) groups is 1. The minimum atomic E-state index is -3.54. The molecule has 136 valence electrons. The molecule has 1 aliphatic carbocycles. The number of hydrogen-bond acceptors (Lipinski definition) is 6. The molecule has 2 aliphatic rings. The van der Waals surface area contributed by atoms with Crippen LogP contribution in [0, 0.1) is 0 Å². The lowest BCUT2D eigenvalue weighted by Crippen LogP contribution is -2.50. The SMILES string of the molecule is CN1C(N)=N[C@](C)(c2sc(C3=Cc4ncccc4C3)cc2Cl)CS1(=O)=O. The van der Waals surface area contributed by atoms with Gasteiger partial charge in [0.15, 0.2) is 0 Å². The Balaban J connectivity index is 1.75. The van der Waals surface area contributed by atoms with Crippen LogP contribution in [0.3, 0.4) is 0 Å². The Morgan fingerprint density at radius 3 is 2.88 bits per heavy atom. The lowest BCUT2D eigenvalue weighted by atomic mass is 10.0. The number of halogens is 1. The van der Waals surface area contributed by atoms with Crippen molar-refractivity contribution in [1.29, 1.82) is 0 Å². The summed E-state index contributed by atoms with van der Waals surface area (Å²) in [5.41, 5.74) is 8.09. The van der Waals surface area contributed by atoms with E-state index in [1.54, 1.807) is 13.1 Å². The number of nitrogens with zero attached hydrogens (tertiary/aromatic N) is 3. The highest BCUT2D eigenvalue weighted by Gasteiger charge is 2.42. The van der Waals surface area contributed by atoms with Gasteiger partial charge in [-0.1, -0.05) is 17.7 Å². The third kappa shape index (κ3) is 2.72. The predicted molar refractivity (Wildman–Crippen MR) is 106 cm³/mol. The summed E-state index contributed by atoms with van der Waals surface area (Å²) >= 11 is 7.95. The Hall–Kier alpha value is -1.90. The van der Waals surface area contributed by atoms with E-state index < -0.39 is 15.6 Å². The van der Waals surface area contributed by atoms with Crippen LogP contribution in [0.4, 0.5) is 0 Å². The van der Waals surface area contributed by atoms with Gasteiger partial charge in [0.25, 0.3) is 0 Å². The summed E-state index contributed by atoms with van der Waals surface area (Å²) in [5.74, 6) is -0.195. The van der Waals surface area contributed by atoms with Gasteiger partial charge < -0.3 is 5.73 Å². The zero-order chi connectivity index (χ0) is 18.7. The molecule has 6 nitrogen and oxygen atoms in total. The van der Waals surface area contributed by atoms with E-state index >= 15 is 0 Å². The van der Waals surface area contributed by atoms with Crippen molar-refractivity contribution in [1.82, 2.24) is 9.29 Å². The number of aromatic nitrogens is 1. The van der Waals surface area contributed by atoms with Crippen molar-refractivity contribution >= 4 is 50.6 Å². The Bertz CT molecular complexity index is 1070. The van der Waals surface area contributed by atoms with Gasteiger partial charge in [-0.25, -0.2) is 17.7 Å². The molecule has 0 fully saturated rings. The second-order valence-corrected chi connectivity index (χ2v) is 10.1.